The zero-order valence-electron chi connectivity index (χ0n) is 18.5. The van der Waals surface area contributed by atoms with Crippen LogP contribution in [0.4, 0.5) is 4.79 Å². The third-order valence-corrected chi connectivity index (χ3v) is 8.08. The van der Waals surface area contributed by atoms with Gasteiger partial charge in [-0.15, -0.1) is 0 Å². The summed E-state index contributed by atoms with van der Waals surface area (Å²) < 4.78 is 26.9. The van der Waals surface area contributed by atoms with Crippen LogP contribution in [0.15, 0.2) is 59.5 Å². The Morgan fingerprint density at radius 2 is 1.58 bits per heavy atom. The Balaban J connectivity index is 1.40. The van der Waals surface area contributed by atoms with Crippen LogP contribution >= 0.6 is 0 Å². The molecule has 0 bridgehead atoms. The maximum Gasteiger partial charge on any atom is 0.325 e. The van der Waals surface area contributed by atoms with Crippen LogP contribution in [0.25, 0.3) is 0 Å². The highest BCUT2D eigenvalue weighted by Gasteiger charge is 2.49. The molecule has 0 saturated carbocycles. The lowest BCUT2D eigenvalue weighted by Crippen LogP contribution is -2.53. The number of hydrogen-bond donors (Lipinski definition) is 1. The molecule has 174 valence electrons. The molecule has 2 heterocycles. The van der Waals surface area contributed by atoms with E-state index in [4.69, 9.17) is 0 Å². The van der Waals surface area contributed by atoms with Crippen molar-refractivity contribution in [3.63, 3.8) is 0 Å². The fraction of sp³-hybridized carbons (Fsp3) is 0.348. The summed E-state index contributed by atoms with van der Waals surface area (Å²) in [5.41, 5.74) is 0.425. The predicted molar refractivity (Wildman–Crippen MR) is 121 cm³/mol. The van der Waals surface area contributed by atoms with E-state index < -0.39 is 40.0 Å². The monoisotopic (exact) mass is 470 g/mol. The topological polar surface area (TPSA) is 107 Å². The van der Waals surface area contributed by atoms with E-state index >= 15 is 0 Å². The van der Waals surface area contributed by atoms with E-state index in [2.05, 4.69) is 5.32 Å². The summed E-state index contributed by atoms with van der Waals surface area (Å²) in [6.45, 7) is 3.81. The molecular weight excluding hydrogens is 444 g/mol. The summed E-state index contributed by atoms with van der Waals surface area (Å²) in [4.78, 5) is 41.1. The number of rotatable bonds is 5. The Hall–Kier alpha value is -3.24. The summed E-state index contributed by atoms with van der Waals surface area (Å²) in [6, 6.07) is 14.8. The molecule has 4 rings (SSSR count). The average Bonchev–Trinajstić information content (AvgIpc) is 3.03. The molecule has 0 aromatic heterocycles. The van der Waals surface area contributed by atoms with E-state index in [0.29, 0.717) is 5.56 Å². The van der Waals surface area contributed by atoms with Gasteiger partial charge in [-0.1, -0.05) is 48.0 Å². The van der Waals surface area contributed by atoms with Gasteiger partial charge >= 0.3 is 6.03 Å². The summed E-state index contributed by atoms with van der Waals surface area (Å²) in [5, 5.41) is 2.70. The highest BCUT2D eigenvalue weighted by atomic mass is 32.2. The van der Waals surface area contributed by atoms with Crippen molar-refractivity contribution in [3.8, 4) is 0 Å². The summed E-state index contributed by atoms with van der Waals surface area (Å²) in [7, 11) is -3.63. The molecule has 2 saturated heterocycles. The van der Waals surface area contributed by atoms with Crippen molar-refractivity contribution >= 4 is 27.9 Å². The number of sulfonamides is 1. The Morgan fingerprint density at radius 1 is 0.970 bits per heavy atom. The first-order valence-corrected chi connectivity index (χ1v) is 12.1. The highest BCUT2D eigenvalue weighted by molar-refractivity contribution is 7.89. The minimum atomic E-state index is -3.63. The first-order valence-electron chi connectivity index (χ1n) is 10.7. The molecule has 2 aliphatic rings. The SMILES string of the molecule is Cc1ccc([C@]2(C)NC(=O)N(CC(=O)N3CCN(S(=O)(=O)c4ccccc4)CC3)C2=O)cc1. The van der Waals surface area contributed by atoms with Gasteiger partial charge in [0.2, 0.25) is 15.9 Å². The van der Waals surface area contributed by atoms with Gasteiger partial charge in [0.05, 0.1) is 4.90 Å². The molecule has 0 spiro atoms. The molecule has 2 fully saturated rings. The minimum Gasteiger partial charge on any atom is -0.338 e. The smallest absolute Gasteiger partial charge is 0.325 e. The minimum absolute atomic E-state index is 0.143. The maximum atomic E-state index is 13.1. The largest absolute Gasteiger partial charge is 0.338 e. The van der Waals surface area contributed by atoms with Gasteiger partial charge in [0.15, 0.2) is 0 Å². The van der Waals surface area contributed by atoms with Crippen LogP contribution in [-0.2, 0) is 25.2 Å². The van der Waals surface area contributed by atoms with Crippen molar-refractivity contribution in [1.29, 1.82) is 0 Å². The molecule has 1 atom stereocenters. The van der Waals surface area contributed by atoms with Gasteiger partial charge in [0.25, 0.3) is 5.91 Å². The zero-order valence-corrected chi connectivity index (χ0v) is 19.3. The first-order chi connectivity index (χ1) is 15.6. The Bertz CT molecular complexity index is 1180. The summed E-state index contributed by atoms with van der Waals surface area (Å²) >= 11 is 0. The van der Waals surface area contributed by atoms with Crippen molar-refractivity contribution in [2.45, 2.75) is 24.3 Å². The molecule has 1 N–H and O–H groups in total. The first kappa shape index (κ1) is 22.9. The van der Waals surface area contributed by atoms with E-state index in [1.54, 1.807) is 37.3 Å². The third-order valence-electron chi connectivity index (χ3n) is 6.17. The van der Waals surface area contributed by atoms with E-state index in [-0.39, 0.29) is 31.1 Å². The molecule has 0 aliphatic carbocycles. The standard InChI is InChI=1S/C23H26N4O5S/c1-17-8-10-18(11-9-17)23(2)21(29)27(22(30)24-23)16-20(28)25-12-14-26(15-13-25)33(31,32)19-6-4-3-5-7-19/h3-11H,12-16H2,1-2H3,(H,24,30)/t23-/m0/s1. The molecule has 4 amide bonds. The fourth-order valence-electron chi connectivity index (χ4n) is 4.08. The number of piperazine rings is 1. The molecule has 33 heavy (non-hydrogen) atoms. The number of imide groups is 1. The second kappa shape index (κ2) is 8.60. The lowest BCUT2D eigenvalue weighted by Gasteiger charge is -2.34. The number of amides is 4. The fourth-order valence-corrected chi connectivity index (χ4v) is 5.52. The molecule has 2 aromatic carbocycles. The van der Waals surface area contributed by atoms with Gasteiger partial charge in [-0.05, 0) is 31.5 Å². The number of carbonyl (C=O) groups is 3. The lowest BCUT2D eigenvalue weighted by molar-refractivity contribution is -0.139. The number of nitrogens with one attached hydrogen (secondary N) is 1. The molecule has 0 unspecified atom stereocenters. The van der Waals surface area contributed by atoms with Crippen LogP contribution in [0.2, 0.25) is 0 Å². The number of carbonyl (C=O) groups excluding carboxylic acids is 3. The van der Waals surface area contributed by atoms with E-state index in [9.17, 15) is 22.8 Å². The summed E-state index contributed by atoms with van der Waals surface area (Å²) in [6.07, 6.45) is 0. The van der Waals surface area contributed by atoms with Crippen molar-refractivity contribution < 1.29 is 22.8 Å². The van der Waals surface area contributed by atoms with Gasteiger partial charge in [-0.3, -0.25) is 14.5 Å². The van der Waals surface area contributed by atoms with Crippen molar-refractivity contribution in [2.75, 3.05) is 32.7 Å². The third kappa shape index (κ3) is 4.23. The predicted octanol–water partition coefficient (Wildman–Crippen LogP) is 1.30. The van der Waals surface area contributed by atoms with Crippen LogP contribution in [0.5, 0.6) is 0 Å². The number of hydrogen-bond acceptors (Lipinski definition) is 5. The van der Waals surface area contributed by atoms with Gasteiger partial charge < -0.3 is 10.2 Å². The number of urea groups is 1. The van der Waals surface area contributed by atoms with Crippen molar-refractivity contribution in [2.24, 2.45) is 0 Å². The van der Waals surface area contributed by atoms with Crippen LogP contribution in [0, 0.1) is 6.92 Å². The number of aryl methyl sites for hydroxylation is 1. The van der Waals surface area contributed by atoms with Crippen LogP contribution in [-0.4, -0.2) is 73.1 Å². The normalized spacial score (nSPS) is 21.9. The Morgan fingerprint density at radius 3 is 2.18 bits per heavy atom. The van der Waals surface area contributed by atoms with Gasteiger partial charge in [-0.2, -0.15) is 4.31 Å². The Kier molecular flexibility index (Phi) is 5.98. The highest BCUT2D eigenvalue weighted by Crippen LogP contribution is 2.29. The second-order valence-electron chi connectivity index (χ2n) is 8.41. The Labute approximate surface area is 193 Å². The van der Waals surface area contributed by atoms with E-state index in [1.807, 2.05) is 19.1 Å². The van der Waals surface area contributed by atoms with Gasteiger partial charge in [0, 0.05) is 26.2 Å². The molecule has 2 aliphatic heterocycles. The molecular formula is C23H26N4O5S. The quantitative estimate of drug-likeness (QED) is 0.663. The average molecular weight is 471 g/mol. The number of benzene rings is 2. The van der Waals surface area contributed by atoms with Gasteiger partial charge in [-0.25, -0.2) is 13.2 Å². The molecule has 10 heteroatoms. The molecule has 2 aromatic rings. The van der Waals surface area contributed by atoms with E-state index in [0.717, 1.165) is 10.5 Å². The van der Waals surface area contributed by atoms with E-state index in [1.165, 1.54) is 21.3 Å². The van der Waals surface area contributed by atoms with Crippen LogP contribution in [0.3, 0.4) is 0 Å². The maximum absolute atomic E-state index is 13.1. The van der Waals surface area contributed by atoms with Crippen molar-refractivity contribution in [1.82, 2.24) is 19.4 Å². The van der Waals surface area contributed by atoms with Crippen molar-refractivity contribution in [3.05, 3.63) is 65.7 Å². The molecule has 9 nitrogen and oxygen atoms in total. The lowest BCUT2D eigenvalue weighted by atomic mass is 9.91. The summed E-state index contributed by atoms with van der Waals surface area (Å²) in [5.74, 6) is -0.890. The van der Waals surface area contributed by atoms with Gasteiger partial charge in [0.1, 0.15) is 12.1 Å². The zero-order chi connectivity index (χ0) is 23.8. The van der Waals surface area contributed by atoms with Crippen LogP contribution < -0.4 is 5.32 Å². The number of nitrogens with zero attached hydrogens (tertiary/aromatic N) is 3. The molecule has 0 radical (unpaired) electrons. The second-order valence-corrected chi connectivity index (χ2v) is 10.3. The van der Waals surface area contributed by atoms with Crippen LogP contribution in [0.1, 0.15) is 18.1 Å².